The molecule has 5 nitrogen and oxygen atoms in total. The standard InChI is InChI=1S/C23H38N4O/c1-3-24-23(27-15-12-22(18-27)19-28-2)25-16-20-8-10-21(11-9-20)17-26-13-6-4-5-7-14-26/h8-11,22H,3-7,12-19H2,1-2H3,(H,24,25). The Labute approximate surface area is 171 Å². The largest absolute Gasteiger partial charge is 0.384 e. The van der Waals surface area contributed by atoms with E-state index in [9.17, 15) is 0 Å². The normalized spacial score (nSPS) is 21.7. The molecule has 1 aromatic carbocycles. The molecule has 0 aromatic heterocycles. The van der Waals surface area contributed by atoms with E-state index < -0.39 is 0 Å². The van der Waals surface area contributed by atoms with Gasteiger partial charge in [-0.05, 0) is 50.4 Å². The van der Waals surface area contributed by atoms with Crippen molar-refractivity contribution in [2.75, 3.05) is 46.4 Å². The quantitative estimate of drug-likeness (QED) is 0.575. The molecule has 0 bridgehead atoms. The summed E-state index contributed by atoms with van der Waals surface area (Å²) in [6.07, 6.45) is 6.67. The number of ether oxygens (including phenoxy) is 1. The number of methoxy groups -OCH3 is 1. The molecule has 156 valence electrons. The van der Waals surface area contributed by atoms with E-state index in [2.05, 4.69) is 46.3 Å². The fourth-order valence-electron chi connectivity index (χ4n) is 4.29. The first-order chi connectivity index (χ1) is 13.8. The van der Waals surface area contributed by atoms with Crippen molar-refractivity contribution in [1.82, 2.24) is 15.1 Å². The molecule has 1 unspecified atom stereocenters. The van der Waals surface area contributed by atoms with Crippen LogP contribution in [0.4, 0.5) is 0 Å². The van der Waals surface area contributed by atoms with Crippen LogP contribution in [0, 0.1) is 5.92 Å². The Bertz CT molecular complexity index is 593. The monoisotopic (exact) mass is 386 g/mol. The minimum atomic E-state index is 0.618. The average Bonchev–Trinajstić information content (AvgIpc) is 3.02. The topological polar surface area (TPSA) is 40.1 Å². The lowest BCUT2D eigenvalue weighted by molar-refractivity contribution is 0.157. The maximum Gasteiger partial charge on any atom is 0.194 e. The predicted molar refractivity (Wildman–Crippen MR) is 117 cm³/mol. The Kier molecular flexibility index (Phi) is 8.62. The van der Waals surface area contributed by atoms with Gasteiger partial charge in [-0.3, -0.25) is 4.90 Å². The summed E-state index contributed by atoms with van der Waals surface area (Å²) >= 11 is 0. The molecule has 2 fully saturated rings. The molecule has 3 rings (SSSR count). The van der Waals surface area contributed by atoms with Crippen LogP contribution in [0.2, 0.25) is 0 Å². The van der Waals surface area contributed by atoms with Crippen molar-refractivity contribution in [3.63, 3.8) is 0 Å². The van der Waals surface area contributed by atoms with Gasteiger partial charge in [-0.1, -0.05) is 37.1 Å². The van der Waals surface area contributed by atoms with Gasteiger partial charge in [-0.25, -0.2) is 4.99 Å². The van der Waals surface area contributed by atoms with E-state index in [0.717, 1.165) is 45.3 Å². The van der Waals surface area contributed by atoms with E-state index >= 15 is 0 Å². The third-order valence-corrected chi connectivity index (χ3v) is 5.86. The maximum atomic E-state index is 5.33. The van der Waals surface area contributed by atoms with Gasteiger partial charge >= 0.3 is 0 Å². The maximum absolute atomic E-state index is 5.33. The van der Waals surface area contributed by atoms with Crippen molar-refractivity contribution < 1.29 is 4.74 Å². The van der Waals surface area contributed by atoms with Gasteiger partial charge in [0.1, 0.15) is 0 Å². The van der Waals surface area contributed by atoms with Crippen LogP contribution in [0.1, 0.15) is 50.2 Å². The molecule has 2 saturated heterocycles. The van der Waals surface area contributed by atoms with Gasteiger partial charge in [0.25, 0.3) is 0 Å². The lowest BCUT2D eigenvalue weighted by Gasteiger charge is -2.22. The Balaban J connectivity index is 1.54. The Hall–Kier alpha value is -1.59. The van der Waals surface area contributed by atoms with E-state index in [1.807, 2.05) is 0 Å². The van der Waals surface area contributed by atoms with Crippen molar-refractivity contribution in [1.29, 1.82) is 0 Å². The summed E-state index contributed by atoms with van der Waals surface area (Å²) in [7, 11) is 1.79. The summed E-state index contributed by atoms with van der Waals surface area (Å²) in [5, 5.41) is 3.46. The van der Waals surface area contributed by atoms with E-state index in [0.29, 0.717) is 5.92 Å². The molecule has 0 radical (unpaired) electrons. The number of hydrogen-bond acceptors (Lipinski definition) is 3. The number of likely N-dealkylation sites (tertiary alicyclic amines) is 2. The van der Waals surface area contributed by atoms with E-state index in [1.165, 1.54) is 56.3 Å². The van der Waals surface area contributed by atoms with E-state index in [1.54, 1.807) is 7.11 Å². The van der Waals surface area contributed by atoms with Crippen molar-refractivity contribution in [2.45, 2.75) is 52.1 Å². The summed E-state index contributed by atoms with van der Waals surface area (Å²) in [6.45, 7) is 10.3. The van der Waals surface area contributed by atoms with E-state index in [-0.39, 0.29) is 0 Å². The highest BCUT2D eigenvalue weighted by molar-refractivity contribution is 5.80. The van der Waals surface area contributed by atoms with Gasteiger partial charge in [0.15, 0.2) is 5.96 Å². The number of nitrogens with one attached hydrogen (secondary N) is 1. The first-order valence-corrected chi connectivity index (χ1v) is 11.1. The highest BCUT2D eigenvalue weighted by Crippen LogP contribution is 2.17. The molecule has 2 heterocycles. The zero-order valence-corrected chi connectivity index (χ0v) is 17.8. The number of nitrogens with zero attached hydrogens (tertiary/aromatic N) is 3. The van der Waals surface area contributed by atoms with Crippen LogP contribution in [-0.2, 0) is 17.8 Å². The number of aliphatic imine (C=N–C) groups is 1. The van der Waals surface area contributed by atoms with Crippen LogP contribution in [-0.4, -0.2) is 62.2 Å². The molecule has 2 aliphatic heterocycles. The van der Waals surface area contributed by atoms with Gasteiger partial charge in [0.05, 0.1) is 13.2 Å². The fraction of sp³-hybridized carbons (Fsp3) is 0.696. The summed E-state index contributed by atoms with van der Waals surface area (Å²) in [6, 6.07) is 9.07. The zero-order valence-electron chi connectivity index (χ0n) is 17.8. The lowest BCUT2D eigenvalue weighted by atomic mass is 10.1. The van der Waals surface area contributed by atoms with Gasteiger partial charge in [-0.15, -0.1) is 0 Å². The number of hydrogen-bond donors (Lipinski definition) is 1. The Morgan fingerprint density at radius 2 is 1.79 bits per heavy atom. The van der Waals surface area contributed by atoms with E-state index in [4.69, 9.17) is 9.73 Å². The van der Waals surface area contributed by atoms with Crippen LogP contribution in [0.5, 0.6) is 0 Å². The summed E-state index contributed by atoms with van der Waals surface area (Å²) < 4.78 is 5.33. The first-order valence-electron chi connectivity index (χ1n) is 11.1. The molecule has 5 heteroatoms. The molecule has 0 amide bonds. The SMILES string of the molecule is CCNC(=NCc1ccc(CN2CCCCCC2)cc1)N1CCC(COC)C1. The third-order valence-electron chi connectivity index (χ3n) is 5.86. The van der Waals surface area contributed by atoms with Crippen LogP contribution in [0.3, 0.4) is 0 Å². The van der Waals surface area contributed by atoms with Crippen LogP contribution in [0.15, 0.2) is 29.3 Å². The molecular formula is C23H38N4O. The second-order valence-corrected chi connectivity index (χ2v) is 8.23. The molecule has 28 heavy (non-hydrogen) atoms. The summed E-state index contributed by atoms with van der Waals surface area (Å²) in [4.78, 5) is 9.88. The number of benzene rings is 1. The predicted octanol–water partition coefficient (Wildman–Crippen LogP) is 3.50. The zero-order chi connectivity index (χ0) is 19.6. The minimum absolute atomic E-state index is 0.618. The van der Waals surface area contributed by atoms with Crippen LogP contribution in [0.25, 0.3) is 0 Å². The molecule has 0 aliphatic carbocycles. The Morgan fingerprint density at radius 3 is 2.46 bits per heavy atom. The van der Waals surface area contributed by atoms with Gasteiger partial charge < -0.3 is 15.0 Å². The fourth-order valence-corrected chi connectivity index (χ4v) is 4.29. The van der Waals surface area contributed by atoms with Gasteiger partial charge in [0.2, 0.25) is 0 Å². The average molecular weight is 387 g/mol. The van der Waals surface area contributed by atoms with Crippen molar-refractivity contribution in [3.8, 4) is 0 Å². The first kappa shape index (κ1) is 21.1. The number of guanidine groups is 1. The number of rotatable bonds is 7. The van der Waals surface area contributed by atoms with Crippen LogP contribution >= 0.6 is 0 Å². The van der Waals surface area contributed by atoms with Gasteiger partial charge in [0, 0.05) is 39.2 Å². The molecule has 1 N–H and O–H groups in total. The highest BCUT2D eigenvalue weighted by atomic mass is 16.5. The minimum Gasteiger partial charge on any atom is -0.384 e. The lowest BCUT2D eigenvalue weighted by Crippen LogP contribution is -2.40. The highest BCUT2D eigenvalue weighted by Gasteiger charge is 2.24. The summed E-state index contributed by atoms with van der Waals surface area (Å²) in [5.41, 5.74) is 2.70. The smallest absolute Gasteiger partial charge is 0.194 e. The Morgan fingerprint density at radius 1 is 1.07 bits per heavy atom. The third kappa shape index (κ3) is 6.49. The van der Waals surface area contributed by atoms with Gasteiger partial charge in [-0.2, -0.15) is 0 Å². The summed E-state index contributed by atoms with van der Waals surface area (Å²) in [5.74, 6) is 1.65. The molecule has 1 atom stereocenters. The molecule has 0 spiro atoms. The second kappa shape index (κ2) is 11.4. The second-order valence-electron chi connectivity index (χ2n) is 8.23. The molecule has 0 saturated carbocycles. The molecule has 2 aliphatic rings. The molecule has 1 aromatic rings. The molecular weight excluding hydrogens is 348 g/mol. The van der Waals surface area contributed by atoms with Crippen molar-refractivity contribution in [3.05, 3.63) is 35.4 Å². The van der Waals surface area contributed by atoms with Crippen molar-refractivity contribution >= 4 is 5.96 Å². The van der Waals surface area contributed by atoms with Crippen LogP contribution < -0.4 is 5.32 Å². The van der Waals surface area contributed by atoms with Crippen molar-refractivity contribution in [2.24, 2.45) is 10.9 Å².